The molecule has 0 aromatic carbocycles. The number of rotatable bonds is 5. The lowest BCUT2D eigenvalue weighted by Gasteiger charge is -2.40. The maximum absolute atomic E-state index is 3.33. The van der Waals surface area contributed by atoms with E-state index in [4.69, 9.17) is 0 Å². The molecular weight excluding hydrogens is 234 g/mol. The van der Waals surface area contributed by atoms with Crippen molar-refractivity contribution in [3.8, 4) is 0 Å². The predicted octanol–water partition coefficient (Wildman–Crippen LogP) is 2.08. The molecule has 3 aliphatic rings. The van der Waals surface area contributed by atoms with E-state index < -0.39 is 0 Å². The van der Waals surface area contributed by atoms with Gasteiger partial charge in [-0.15, -0.1) is 0 Å². The number of likely N-dealkylation sites (tertiary alicyclic amines) is 2. The Hall–Kier alpha value is -0.120. The maximum Gasteiger partial charge on any atom is 0.0241 e. The van der Waals surface area contributed by atoms with Gasteiger partial charge in [-0.3, -0.25) is 9.80 Å². The third-order valence-electron chi connectivity index (χ3n) is 5.49. The molecular formula is C16H31N3. The van der Waals surface area contributed by atoms with Crippen LogP contribution in [0.3, 0.4) is 0 Å². The summed E-state index contributed by atoms with van der Waals surface area (Å²) in [7, 11) is 2.08. The van der Waals surface area contributed by atoms with Crippen LogP contribution in [-0.2, 0) is 0 Å². The molecule has 1 N–H and O–H groups in total. The Balaban J connectivity index is 1.59. The summed E-state index contributed by atoms with van der Waals surface area (Å²) in [5, 5.41) is 3.33. The van der Waals surface area contributed by atoms with Crippen molar-refractivity contribution >= 4 is 0 Å². The second-order valence-electron chi connectivity index (χ2n) is 6.95. The van der Waals surface area contributed by atoms with Crippen LogP contribution >= 0.6 is 0 Å². The lowest BCUT2D eigenvalue weighted by Crippen LogP contribution is -2.48. The fourth-order valence-electron chi connectivity index (χ4n) is 4.31. The molecule has 19 heavy (non-hydrogen) atoms. The summed E-state index contributed by atoms with van der Waals surface area (Å²) in [5.74, 6) is 0. The van der Waals surface area contributed by atoms with E-state index >= 15 is 0 Å². The number of nitrogens with zero attached hydrogens (tertiary/aromatic N) is 2. The largest absolute Gasteiger partial charge is 0.320 e. The molecule has 0 amide bonds. The fourth-order valence-corrected chi connectivity index (χ4v) is 4.31. The molecule has 0 spiro atoms. The van der Waals surface area contributed by atoms with Crippen molar-refractivity contribution in [2.24, 2.45) is 0 Å². The van der Waals surface area contributed by atoms with Crippen LogP contribution in [0, 0.1) is 0 Å². The van der Waals surface area contributed by atoms with E-state index in [1.54, 1.807) is 0 Å². The number of hydrogen-bond donors (Lipinski definition) is 1. The normalized spacial score (nSPS) is 37.9. The summed E-state index contributed by atoms with van der Waals surface area (Å²) in [6, 6.07) is 3.46. The lowest BCUT2D eigenvalue weighted by molar-refractivity contribution is 0.0908. The molecule has 0 aromatic rings. The van der Waals surface area contributed by atoms with Gasteiger partial charge in [-0.25, -0.2) is 0 Å². The predicted molar refractivity (Wildman–Crippen MR) is 80.5 cm³/mol. The third-order valence-corrected chi connectivity index (χ3v) is 5.49. The Kier molecular flexibility index (Phi) is 4.45. The Bertz CT molecular complexity index is 290. The summed E-state index contributed by atoms with van der Waals surface area (Å²) in [6.07, 6.45) is 9.96. The Morgan fingerprint density at radius 2 is 1.89 bits per heavy atom. The molecule has 0 radical (unpaired) electrons. The zero-order valence-corrected chi connectivity index (χ0v) is 12.8. The first-order valence-corrected chi connectivity index (χ1v) is 8.45. The van der Waals surface area contributed by atoms with E-state index in [2.05, 4.69) is 29.1 Å². The summed E-state index contributed by atoms with van der Waals surface area (Å²) in [5.41, 5.74) is 0. The Morgan fingerprint density at radius 1 is 1.05 bits per heavy atom. The van der Waals surface area contributed by atoms with Crippen molar-refractivity contribution in [3.63, 3.8) is 0 Å². The van der Waals surface area contributed by atoms with Crippen LogP contribution < -0.4 is 5.32 Å². The summed E-state index contributed by atoms with van der Waals surface area (Å²) < 4.78 is 0. The molecule has 1 saturated carbocycles. The molecule has 2 heterocycles. The van der Waals surface area contributed by atoms with Gasteiger partial charge < -0.3 is 5.32 Å². The molecule has 3 rings (SSSR count). The van der Waals surface area contributed by atoms with E-state index in [0.717, 1.165) is 24.2 Å². The molecule has 3 unspecified atom stereocenters. The second kappa shape index (κ2) is 6.11. The van der Waals surface area contributed by atoms with Gasteiger partial charge in [-0.05, 0) is 65.6 Å². The van der Waals surface area contributed by atoms with Crippen molar-refractivity contribution in [3.05, 3.63) is 0 Å². The van der Waals surface area contributed by atoms with Gasteiger partial charge in [0.2, 0.25) is 0 Å². The van der Waals surface area contributed by atoms with Crippen LogP contribution in [0.4, 0.5) is 0 Å². The number of hydrogen-bond acceptors (Lipinski definition) is 3. The highest BCUT2D eigenvalue weighted by atomic mass is 15.3. The fraction of sp³-hybridized carbons (Fsp3) is 1.00. The van der Waals surface area contributed by atoms with Crippen molar-refractivity contribution in [1.29, 1.82) is 0 Å². The molecule has 0 bridgehead atoms. The Morgan fingerprint density at radius 3 is 2.63 bits per heavy atom. The van der Waals surface area contributed by atoms with Crippen LogP contribution in [0.2, 0.25) is 0 Å². The van der Waals surface area contributed by atoms with Gasteiger partial charge in [-0.2, -0.15) is 0 Å². The monoisotopic (exact) mass is 265 g/mol. The Labute approximate surface area is 118 Å². The molecule has 3 atom stereocenters. The summed E-state index contributed by atoms with van der Waals surface area (Å²) in [4.78, 5) is 5.67. The summed E-state index contributed by atoms with van der Waals surface area (Å²) in [6.45, 7) is 6.33. The first-order chi connectivity index (χ1) is 9.29. The van der Waals surface area contributed by atoms with E-state index in [1.165, 1.54) is 64.6 Å². The van der Waals surface area contributed by atoms with Gasteiger partial charge in [0.1, 0.15) is 0 Å². The average molecular weight is 265 g/mol. The van der Waals surface area contributed by atoms with Crippen LogP contribution in [0.15, 0.2) is 0 Å². The molecule has 3 fully saturated rings. The van der Waals surface area contributed by atoms with Gasteiger partial charge in [-0.1, -0.05) is 6.42 Å². The number of piperidine rings is 1. The van der Waals surface area contributed by atoms with Crippen LogP contribution in [0.5, 0.6) is 0 Å². The average Bonchev–Trinajstić information content (AvgIpc) is 3.20. The van der Waals surface area contributed by atoms with Crippen LogP contribution in [-0.4, -0.2) is 60.6 Å². The van der Waals surface area contributed by atoms with Gasteiger partial charge in [0, 0.05) is 30.7 Å². The second-order valence-corrected chi connectivity index (χ2v) is 6.95. The molecule has 3 nitrogen and oxygen atoms in total. The number of nitrogens with one attached hydrogen (secondary N) is 1. The highest BCUT2D eigenvalue weighted by Gasteiger charge is 2.42. The van der Waals surface area contributed by atoms with E-state index in [9.17, 15) is 0 Å². The molecule has 0 aromatic heterocycles. The maximum atomic E-state index is 3.33. The topological polar surface area (TPSA) is 18.5 Å². The van der Waals surface area contributed by atoms with E-state index in [-0.39, 0.29) is 0 Å². The standard InChI is InChI=1S/C16H31N3/c1-13-11-16(12-19(13)15-6-7-15)18-10-4-3-5-14(18)8-9-17-2/h13-17H,3-12H2,1-2H3. The highest BCUT2D eigenvalue weighted by molar-refractivity contribution is 4.98. The quantitative estimate of drug-likeness (QED) is 0.821. The first-order valence-electron chi connectivity index (χ1n) is 8.45. The zero-order valence-electron chi connectivity index (χ0n) is 12.8. The van der Waals surface area contributed by atoms with Gasteiger partial charge >= 0.3 is 0 Å². The van der Waals surface area contributed by atoms with Crippen LogP contribution in [0.1, 0.15) is 51.9 Å². The van der Waals surface area contributed by atoms with E-state index in [0.29, 0.717) is 0 Å². The minimum absolute atomic E-state index is 0.823. The van der Waals surface area contributed by atoms with Crippen molar-refractivity contribution in [2.75, 3.05) is 26.7 Å². The first kappa shape index (κ1) is 13.8. The lowest BCUT2D eigenvalue weighted by atomic mass is 9.96. The van der Waals surface area contributed by atoms with Crippen molar-refractivity contribution in [1.82, 2.24) is 15.1 Å². The van der Waals surface area contributed by atoms with Gasteiger partial charge in [0.05, 0.1) is 0 Å². The van der Waals surface area contributed by atoms with Crippen molar-refractivity contribution in [2.45, 2.75) is 76.0 Å². The van der Waals surface area contributed by atoms with Crippen LogP contribution in [0.25, 0.3) is 0 Å². The molecule has 2 aliphatic heterocycles. The SMILES string of the molecule is CNCCC1CCCCN1C1CC(C)N(C2CC2)C1. The molecule has 2 saturated heterocycles. The zero-order chi connectivity index (χ0) is 13.2. The van der Waals surface area contributed by atoms with E-state index in [1.807, 2.05) is 0 Å². The summed E-state index contributed by atoms with van der Waals surface area (Å²) >= 11 is 0. The highest BCUT2D eigenvalue weighted by Crippen LogP contribution is 2.36. The minimum Gasteiger partial charge on any atom is -0.320 e. The molecule has 1 aliphatic carbocycles. The minimum atomic E-state index is 0.823. The van der Waals surface area contributed by atoms with Gasteiger partial charge in [0.25, 0.3) is 0 Å². The molecule has 3 heteroatoms. The third kappa shape index (κ3) is 3.14. The van der Waals surface area contributed by atoms with Crippen molar-refractivity contribution < 1.29 is 0 Å². The van der Waals surface area contributed by atoms with Gasteiger partial charge in [0.15, 0.2) is 0 Å². The smallest absolute Gasteiger partial charge is 0.0241 e. The molecule has 110 valence electrons.